The van der Waals surface area contributed by atoms with Crippen molar-refractivity contribution in [2.75, 3.05) is 26.2 Å². The summed E-state index contributed by atoms with van der Waals surface area (Å²) >= 11 is 0. The van der Waals surface area contributed by atoms with E-state index in [-0.39, 0.29) is 12.4 Å². The first-order valence-corrected chi connectivity index (χ1v) is 8.26. The Hall–Kier alpha value is -1.75. The van der Waals surface area contributed by atoms with Crippen LogP contribution in [0.4, 0.5) is 8.78 Å². The zero-order valence-corrected chi connectivity index (χ0v) is 14.8. The van der Waals surface area contributed by atoms with E-state index in [1.54, 1.807) is 6.08 Å². The molecule has 0 amide bonds. The van der Waals surface area contributed by atoms with Crippen LogP contribution in [0, 0.1) is 17.6 Å². The number of nitrogens with two attached hydrogens (primary N) is 1. The molecule has 2 nitrogen and oxygen atoms in total. The molecule has 2 N–H and O–H groups in total. The third kappa shape index (κ3) is 4.88. The zero-order valence-electron chi connectivity index (χ0n) is 13.9. The molecule has 0 unspecified atom stereocenters. The third-order valence-electron chi connectivity index (χ3n) is 4.67. The predicted molar refractivity (Wildman–Crippen MR) is 101 cm³/mol. The van der Waals surface area contributed by atoms with Gasteiger partial charge >= 0.3 is 0 Å². The highest BCUT2D eigenvalue weighted by Gasteiger charge is 2.31. The van der Waals surface area contributed by atoms with Crippen LogP contribution in [-0.2, 0) is 0 Å². The van der Waals surface area contributed by atoms with E-state index in [0.717, 1.165) is 25.7 Å². The van der Waals surface area contributed by atoms with Crippen molar-refractivity contribution >= 4 is 18.5 Å². The molecule has 1 aliphatic rings. The summed E-state index contributed by atoms with van der Waals surface area (Å²) in [4.78, 5) is 2.33. The molecule has 3 rings (SSSR count). The van der Waals surface area contributed by atoms with Crippen LogP contribution in [0.15, 0.2) is 54.6 Å². The molecule has 5 heteroatoms. The molecule has 2 atom stereocenters. The average molecular weight is 365 g/mol. The molecule has 0 bridgehead atoms. The number of hydrogen-bond acceptors (Lipinski definition) is 2. The van der Waals surface area contributed by atoms with Gasteiger partial charge in [-0.25, -0.2) is 8.78 Å². The fraction of sp³-hybridized carbons (Fsp3) is 0.300. The summed E-state index contributed by atoms with van der Waals surface area (Å²) in [7, 11) is 0. The smallest absolute Gasteiger partial charge is 0.133 e. The lowest BCUT2D eigenvalue weighted by molar-refractivity contribution is 0.360. The van der Waals surface area contributed by atoms with Crippen LogP contribution in [0.3, 0.4) is 0 Å². The highest BCUT2D eigenvalue weighted by Crippen LogP contribution is 2.31. The van der Waals surface area contributed by atoms with Gasteiger partial charge in [-0.1, -0.05) is 42.5 Å². The fourth-order valence-corrected chi connectivity index (χ4v) is 3.39. The Balaban J connectivity index is 0.00000225. The second-order valence-corrected chi connectivity index (χ2v) is 6.30. The van der Waals surface area contributed by atoms with Gasteiger partial charge in [0, 0.05) is 37.2 Å². The Morgan fingerprint density at radius 2 is 1.84 bits per heavy atom. The van der Waals surface area contributed by atoms with Gasteiger partial charge in [0.15, 0.2) is 0 Å². The third-order valence-corrected chi connectivity index (χ3v) is 4.67. The molecule has 0 spiro atoms. The van der Waals surface area contributed by atoms with E-state index in [9.17, 15) is 8.78 Å². The van der Waals surface area contributed by atoms with Crippen LogP contribution in [0.1, 0.15) is 17.0 Å². The van der Waals surface area contributed by atoms with Crippen molar-refractivity contribution < 1.29 is 8.78 Å². The summed E-state index contributed by atoms with van der Waals surface area (Å²) in [6, 6.07) is 14.1. The normalized spacial score (nSPS) is 20.8. The molecule has 0 radical (unpaired) electrons. The number of rotatable bonds is 5. The molecule has 1 aliphatic heterocycles. The molecule has 1 saturated heterocycles. The van der Waals surface area contributed by atoms with Gasteiger partial charge in [-0.3, -0.25) is 4.90 Å². The lowest BCUT2D eigenvalue weighted by atomic mass is 9.89. The van der Waals surface area contributed by atoms with Crippen molar-refractivity contribution in [1.29, 1.82) is 0 Å². The maximum Gasteiger partial charge on any atom is 0.133 e. The zero-order chi connectivity index (χ0) is 16.9. The van der Waals surface area contributed by atoms with Crippen LogP contribution in [-0.4, -0.2) is 31.1 Å². The van der Waals surface area contributed by atoms with E-state index < -0.39 is 11.6 Å². The summed E-state index contributed by atoms with van der Waals surface area (Å²) in [5.74, 6) is -0.217. The topological polar surface area (TPSA) is 29.3 Å². The summed E-state index contributed by atoms with van der Waals surface area (Å²) < 4.78 is 26.5. The molecule has 0 saturated carbocycles. The monoisotopic (exact) mass is 364 g/mol. The van der Waals surface area contributed by atoms with Crippen molar-refractivity contribution in [1.82, 2.24) is 4.90 Å². The first-order valence-electron chi connectivity index (χ1n) is 8.26. The minimum atomic E-state index is -0.555. The van der Waals surface area contributed by atoms with Gasteiger partial charge < -0.3 is 5.73 Å². The highest BCUT2D eigenvalue weighted by atomic mass is 35.5. The molecule has 134 valence electrons. The van der Waals surface area contributed by atoms with Gasteiger partial charge in [0.25, 0.3) is 0 Å². The number of halogens is 3. The van der Waals surface area contributed by atoms with E-state index in [1.807, 2.05) is 12.1 Å². The summed E-state index contributed by atoms with van der Waals surface area (Å²) in [5, 5.41) is 0. The molecule has 2 aromatic rings. The Kier molecular flexibility index (Phi) is 7.12. The van der Waals surface area contributed by atoms with Crippen LogP contribution in [0.25, 0.3) is 6.08 Å². The molecular weight excluding hydrogens is 342 g/mol. The first-order chi connectivity index (χ1) is 11.7. The Morgan fingerprint density at radius 3 is 2.52 bits per heavy atom. The predicted octanol–water partition coefficient (Wildman–Crippen LogP) is 4.07. The second-order valence-electron chi connectivity index (χ2n) is 6.30. The van der Waals surface area contributed by atoms with E-state index in [1.165, 1.54) is 17.7 Å². The number of likely N-dealkylation sites (tertiary alicyclic amines) is 1. The van der Waals surface area contributed by atoms with Crippen molar-refractivity contribution in [3.63, 3.8) is 0 Å². The van der Waals surface area contributed by atoms with Crippen molar-refractivity contribution in [2.45, 2.75) is 5.92 Å². The number of hydrogen-bond donors (Lipinski definition) is 1. The molecule has 1 heterocycles. The SMILES string of the molecule is Cl.NC[C@@H]1CN(C/C=C/c2ccc(F)cc2F)C[C@H]1c1ccccc1. The molecule has 0 aromatic heterocycles. The van der Waals surface area contributed by atoms with E-state index in [2.05, 4.69) is 29.2 Å². The number of nitrogens with zero attached hydrogens (tertiary/aromatic N) is 1. The van der Waals surface area contributed by atoms with Crippen LogP contribution in [0.2, 0.25) is 0 Å². The van der Waals surface area contributed by atoms with Crippen molar-refractivity contribution in [3.8, 4) is 0 Å². The molecule has 2 aromatic carbocycles. The Labute approximate surface area is 153 Å². The standard InChI is InChI=1S/C20H22F2N2.ClH/c21-18-9-8-16(20(22)11-18)7-4-10-24-13-17(12-23)19(14-24)15-5-2-1-3-6-15;/h1-9,11,17,19H,10,12-14,23H2;1H/b7-4+;/t17-,19+;/m1./s1. The van der Waals surface area contributed by atoms with E-state index in [0.29, 0.717) is 23.9 Å². The largest absolute Gasteiger partial charge is 0.330 e. The maximum absolute atomic E-state index is 13.6. The van der Waals surface area contributed by atoms with Gasteiger partial charge in [0.2, 0.25) is 0 Å². The van der Waals surface area contributed by atoms with Gasteiger partial charge in [-0.2, -0.15) is 0 Å². The Morgan fingerprint density at radius 1 is 1.08 bits per heavy atom. The lowest BCUT2D eigenvalue weighted by Crippen LogP contribution is -2.23. The van der Waals surface area contributed by atoms with Crippen molar-refractivity contribution in [2.24, 2.45) is 11.7 Å². The number of benzene rings is 2. The van der Waals surface area contributed by atoms with Crippen LogP contribution in [0.5, 0.6) is 0 Å². The Bertz CT molecular complexity index is 706. The molecule has 25 heavy (non-hydrogen) atoms. The average Bonchev–Trinajstić information content (AvgIpc) is 3.01. The molecule has 0 aliphatic carbocycles. The fourth-order valence-electron chi connectivity index (χ4n) is 3.39. The summed E-state index contributed by atoms with van der Waals surface area (Å²) in [6.45, 7) is 3.28. The van der Waals surface area contributed by atoms with Gasteiger partial charge in [-0.15, -0.1) is 12.4 Å². The summed E-state index contributed by atoms with van der Waals surface area (Å²) in [5.41, 5.74) is 7.68. The second kappa shape index (κ2) is 9.09. The lowest BCUT2D eigenvalue weighted by Gasteiger charge is -2.16. The van der Waals surface area contributed by atoms with Gasteiger partial charge in [0.05, 0.1) is 0 Å². The minimum Gasteiger partial charge on any atom is -0.330 e. The van der Waals surface area contributed by atoms with Crippen LogP contribution < -0.4 is 5.73 Å². The quantitative estimate of drug-likeness (QED) is 0.866. The maximum atomic E-state index is 13.6. The summed E-state index contributed by atoms with van der Waals surface area (Å²) in [6.07, 6.45) is 3.64. The van der Waals surface area contributed by atoms with Gasteiger partial charge in [-0.05, 0) is 30.2 Å². The van der Waals surface area contributed by atoms with E-state index >= 15 is 0 Å². The molecule has 1 fully saturated rings. The van der Waals surface area contributed by atoms with Gasteiger partial charge in [0.1, 0.15) is 11.6 Å². The first kappa shape index (κ1) is 19.6. The minimum absolute atomic E-state index is 0. The van der Waals surface area contributed by atoms with Crippen LogP contribution >= 0.6 is 12.4 Å². The molecular formula is C20H23ClF2N2. The van der Waals surface area contributed by atoms with Crippen molar-refractivity contribution in [3.05, 3.63) is 77.4 Å². The highest BCUT2D eigenvalue weighted by molar-refractivity contribution is 5.85. The van der Waals surface area contributed by atoms with E-state index in [4.69, 9.17) is 5.73 Å².